The van der Waals surface area contributed by atoms with Crippen molar-refractivity contribution in [1.82, 2.24) is 5.32 Å². The Morgan fingerprint density at radius 2 is 1.69 bits per heavy atom. The van der Waals surface area contributed by atoms with Gasteiger partial charge in [-0.15, -0.1) is 0 Å². The largest absolute Gasteiger partial charge is 0.497 e. The second-order valence-corrected chi connectivity index (χ2v) is 6.89. The van der Waals surface area contributed by atoms with Gasteiger partial charge in [-0.1, -0.05) is 24.3 Å². The predicted octanol–water partition coefficient (Wildman–Crippen LogP) is 1.95. The van der Waals surface area contributed by atoms with Crippen LogP contribution in [0.2, 0.25) is 0 Å². The van der Waals surface area contributed by atoms with Gasteiger partial charge in [-0.3, -0.25) is 4.79 Å². The van der Waals surface area contributed by atoms with Gasteiger partial charge < -0.3 is 15.0 Å². The maximum Gasteiger partial charge on any atom is 0.223 e. The number of benzene rings is 2. The Labute approximate surface area is 154 Å². The van der Waals surface area contributed by atoms with Crippen LogP contribution < -0.4 is 15.0 Å². The SMILES string of the molecule is COc1ccc(CNC(=O)C2CC[NH+](Cc3ccc(F)cc3)CC2)cc1. The average Bonchev–Trinajstić information content (AvgIpc) is 2.69. The molecule has 2 aromatic carbocycles. The van der Waals surface area contributed by atoms with Crippen LogP contribution in [0.1, 0.15) is 24.0 Å². The molecule has 0 bridgehead atoms. The molecule has 0 atom stereocenters. The molecule has 2 aromatic rings. The lowest BCUT2D eigenvalue weighted by Crippen LogP contribution is -3.11. The van der Waals surface area contributed by atoms with Gasteiger partial charge in [-0.05, 0) is 29.8 Å². The molecule has 1 aliphatic rings. The molecule has 1 fully saturated rings. The number of hydrogen-bond acceptors (Lipinski definition) is 2. The molecule has 3 rings (SSSR count). The Morgan fingerprint density at radius 3 is 2.31 bits per heavy atom. The van der Waals surface area contributed by atoms with Gasteiger partial charge in [-0.2, -0.15) is 0 Å². The van der Waals surface area contributed by atoms with E-state index in [9.17, 15) is 9.18 Å². The van der Waals surface area contributed by atoms with Gasteiger partial charge in [0.15, 0.2) is 0 Å². The van der Waals surface area contributed by atoms with E-state index in [0.29, 0.717) is 6.54 Å². The van der Waals surface area contributed by atoms with Crippen molar-refractivity contribution in [3.05, 3.63) is 65.5 Å². The zero-order valence-corrected chi connectivity index (χ0v) is 15.1. The maximum absolute atomic E-state index is 13.0. The second-order valence-electron chi connectivity index (χ2n) is 6.89. The van der Waals surface area contributed by atoms with Crippen LogP contribution in [-0.4, -0.2) is 26.1 Å². The highest BCUT2D eigenvalue weighted by Gasteiger charge is 2.27. The molecule has 4 nitrogen and oxygen atoms in total. The molecule has 1 saturated heterocycles. The summed E-state index contributed by atoms with van der Waals surface area (Å²) in [6, 6.07) is 14.4. The van der Waals surface area contributed by atoms with Crippen LogP contribution in [-0.2, 0) is 17.9 Å². The average molecular weight is 357 g/mol. The van der Waals surface area contributed by atoms with Crippen molar-refractivity contribution in [2.24, 2.45) is 5.92 Å². The van der Waals surface area contributed by atoms with Crippen molar-refractivity contribution in [2.75, 3.05) is 20.2 Å². The molecule has 0 aliphatic carbocycles. The van der Waals surface area contributed by atoms with Gasteiger partial charge in [-0.25, -0.2) is 4.39 Å². The van der Waals surface area contributed by atoms with Gasteiger partial charge in [0.2, 0.25) is 5.91 Å². The van der Waals surface area contributed by atoms with E-state index in [1.807, 2.05) is 36.4 Å². The number of hydrogen-bond donors (Lipinski definition) is 2. The molecule has 1 aliphatic heterocycles. The molecule has 0 aromatic heterocycles. The molecule has 0 spiro atoms. The van der Waals surface area contributed by atoms with E-state index in [2.05, 4.69) is 5.32 Å². The second kappa shape index (κ2) is 8.81. The Hall–Kier alpha value is -2.40. The van der Waals surface area contributed by atoms with Crippen LogP contribution in [0.5, 0.6) is 5.75 Å². The Bertz CT molecular complexity index is 708. The van der Waals surface area contributed by atoms with Crippen molar-refractivity contribution in [1.29, 1.82) is 0 Å². The third-order valence-corrected chi connectivity index (χ3v) is 5.06. The number of ether oxygens (including phenoxy) is 1. The van der Waals surface area contributed by atoms with E-state index in [1.165, 1.54) is 17.0 Å². The van der Waals surface area contributed by atoms with E-state index in [4.69, 9.17) is 4.74 Å². The number of amides is 1. The summed E-state index contributed by atoms with van der Waals surface area (Å²) in [4.78, 5) is 13.9. The fourth-order valence-electron chi connectivity index (χ4n) is 3.43. The molecule has 0 radical (unpaired) electrons. The summed E-state index contributed by atoms with van der Waals surface area (Å²) in [7, 11) is 1.64. The van der Waals surface area contributed by atoms with E-state index in [0.717, 1.165) is 49.4 Å². The molecule has 1 heterocycles. The summed E-state index contributed by atoms with van der Waals surface area (Å²) in [5.74, 6) is 0.847. The number of rotatable bonds is 6. The molecule has 138 valence electrons. The van der Waals surface area contributed by atoms with E-state index in [1.54, 1.807) is 7.11 Å². The monoisotopic (exact) mass is 357 g/mol. The highest BCUT2D eigenvalue weighted by molar-refractivity contribution is 5.78. The number of nitrogens with one attached hydrogen (secondary N) is 2. The van der Waals surface area contributed by atoms with Gasteiger partial charge in [0.1, 0.15) is 18.1 Å². The van der Waals surface area contributed by atoms with Crippen molar-refractivity contribution in [3.8, 4) is 5.75 Å². The van der Waals surface area contributed by atoms with Crippen LogP contribution >= 0.6 is 0 Å². The third kappa shape index (κ3) is 5.05. The topological polar surface area (TPSA) is 42.8 Å². The Morgan fingerprint density at radius 1 is 1.08 bits per heavy atom. The number of quaternary nitrogens is 1. The number of carbonyl (C=O) groups excluding carboxylic acids is 1. The normalized spacial score (nSPS) is 19.8. The smallest absolute Gasteiger partial charge is 0.223 e. The lowest BCUT2D eigenvalue weighted by molar-refractivity contribution is -0.919. The fourth-order valence-corrected chi connectivity index (χ4v) is 3.43. The lowest BCUT2D eigenvalue weighted by atomic mass is 9.95. The van der Waals surface area contributed by atoms with Gasteiger partial charge >= 0.3 is 0 Å². The molecule has 2 N–H and O–H groups in total. The third-order valence-electron chi connectivity index (χ3n) is 5.06. The first kappa shape index (κ1) is 18.4. The van der Waals surface area contributed by atoms with Gasteiger partial charge in [0.25, 0.3) is 0 Å². The summed E-state index contributed by atoms with van der Waals surface area (Å²) in [6.45, 7) is 3.38. The quantitative estimate of drug-likeness (QED) is 0.830. The van der Waals surface area contributed by atoms with Crippen molar-refractivity contribution < 1.29 is 18.8 Å². The Balaban J connectivity index is 1.42. The molecule has 26 heavy (non-hydrogen) atoms. The zero-order valence-electron chi connectivity index (χ0n) is 15.1. The van der Waals surface area contributed by atoms with Crippen LogP contribution in [0.4, 0.5) is 4.39 Å². The number of methoxy groups -OCH3 is 1. The van der Waals surface area contributed by atoms with Crippen LogP contribution in [0, 0.1) is 11.7 Å². The molecule has 0 unspecified atom stereocenters. The summed E-state index contributed by atoms with van der Waals surface area (Å²) in [5, 5.41) is 3.05. The molecular formula is C21H26FN2O2+. The summed E-state index contributed by atoms with van der Waals surface area (Å²) in [5.41, 5.74) is 2.21. The van der Waals surface area contributed by atoms with Crippen molar-refractivity contribution in [3.63, 3.8) is 0 Å². The summed E-state index contributed by atoms with van der Waals surface area (Å²) >= 11 is 0. The van der Waals surface area contributed by atoms with Crippen molar-refractivity contribution >= 4 is 5.91 Å². The highest BCUT2D eigenvalue weighted by atomic mass is 19.1. The van der Waals surface area contributed by atoms with E-state index in [-0.39, 0.29) is 17.6 Å². The first-order chi connectivity index (χ1) is 12.6. The standard InChI is InChI=1S/C21H25FN2O2/c1-26-20-8-4-16(5-9-20)14-23-21(25)18-10-12-24(13-11-18)15-17-2-6-19(22)7-3-17/h2-9,18H,10-15H2,1H3,(H,23,25)/p+1. The van der Waals surface area contributed by atoms with Crippen LogP contribution in [0.3, 0.4) is 0 Å². The van der Waals surface area contributed by atoms with Crippen molar-refractivity contribution in [2.45, 2.75) is 25.9 Å². The molecule has 5 heteroatoms. The number of piperidine rings is 1. The molecule has 1 amide bonds. The fraction of sp³-hybridized carbons (Fsp3) is 0.381. The van der Waals surface area contributed by atoms with Crippen LogP contribution in [0.25, 0.3) is 0 Å². The highest BCUT2D eigenvalue weighted by Crippen LogP contribution is 2.13. The first-order valence-electron chi connectivity index (χ1n) is 9.12. The minimum atomic E-state index is -0.198. The minimum Gasteiger partial charge on any atom is -0.497 e. The van der Waals surface area contributed by atoms with E-state index >= 15 is 0 Å². The van der Waals surface area contributed by atoms with Gasteiger partial charge in [0, 0.05) is 30.9 Å². The summed E-state index contributed by atoms with van der Waals surface area (Å²) in [6.07, 6.45) is 1.79. The van der Waals surface area contributed by atoms with Gasteiger partial charge in [0.05, 0.1) is 20.2 Å². The van der Waals surface area contributed by atoms with E-state index < -0.39 is 0 Å². The minimum absolute atomic E-state index is 0.0882. The van der Waals surface area contributed by atoms with Crippen LogP contribution in [0.15, 0.2) is 48.5 Å². The maximum atomic E-state index is 13.0. The predicted molar refractivity (Wildman–Crippen MR) is 98.4 cm³/mol. The summed E-state index contributed by atoms with van der Waals surface area (Å²) < 4.78 is 18.1. The first-order valence-corrected chi connectivity index (χ1v) is 9.12. The molecular weight excluding hydrogens is 331 g/mol. The number of carbonyl (C=O) groups is 1. The zero-order chi connectivity index (χ0) is 18.4. The number of likely N-dealkylation sites (tertiary alicyclic amines) is 1. The lowest BCUT2D eigenvalue weighted by Gasteiger charge is -2.28. The molecule has 0 saturated carbocycles. The Kier molecular flexibility index (Phi) is 6.23. The number of halogens is 1.